The molecule has 0 bridgehead atoms. The number of aliphatic imine (C=N–C) groups is 1. The highest BCUT2D eigenvalue weighted by Gasteiger charge is 2.28. The highest BCUT2D eigenvalue weighted by molar-refractivity contribution is 9.10. The third kappa shape index (κ3) is 3.29. The predicted octanol–water partition coefficient (Wildman–Crippen LogP) is 2.52. The minimum atomic E-state index is -1.25. The van der Waals surface area contributed by atoms with Crippen LogP contribution in [0.1, 0.15) is 18.2 Å². The van der Waals surface area contributed by atoms with Crippen molar-refractivity contribution in [3.8, 4) is 0 Å². The molecule has 0 fully saturated rings. The van der Waals surface area contributed by atoms with Crippen molar-refractivity contribution in [3.63, 3.8) is 0 Å². The first kappa shape index (κ1) is 15.4. The molecule has 1 aliphatic heterocycles. The fraction of sp³-hybridized carbons (Fsp3) is 0.125. The Hall–Kier alpha value is -2.54. The summed E-state index contributed by atoms with van der Waals surface area (Å²) in [7, 11) is 0. The minimum Gasteiger partial charge on any atom is -0.430 e. The van der Waals surface area contributed by atoms with Gasteiger partial charge in [-0.3, -0.25) is 14.6 Å². The minimum absolute atomic E-state index is 0.478. The number of carbonyl (C=O) groups excluding carboxylic acids is 2. The average molecular weight is 374 g/mol. The Morgan fingerprint density at radius 1 is 1.30 bits per heavy atom. The van der Waals surface area contributed by atoms with Gasteiger partial charge in [0, 0.05) is 23.2 Å². The first-order valence-electron chi connectivity index (χ1n) is 6.82. The molecule has 1 amide bonds. The fourth-order valence-corrected chi connectivity index (χ4v) is 2.57. The number of nitrogens with zero attached hydrogens (tertiary/aromatic N) is 2. The Morgan fingerprint density at radius 2 is 2.13 bits per heavy atom. The lowest BCUT2D eigenvalue weighted by molar-refractivity contribution is -0.151. The summed E-state index contributed by atoms with van der Waals surface area (Å²) in [6.45, 7) is 1.23. The molecule has 2 heterocycles. The molecule has 6 nitrogen and oxygen atoms in total. The molecule has 7 heteroatoms. The van der Waals surface area contributed by atoms with E-state index in [0.717, 1.165) is 4.47 Å². The zero-order valence-electron chi connectivity index (χ0n) is 12.1. The SMILES string of the molecule is CC(=O)O[C@H]1N=C(c2ccccn2)c2cc(Br)ccc2NC1=O. The largest absolute Gasteiger partial charge is 0.430 e. The molecule has 0 unspecified atom stereocenters. The summed E-state index contributed by atoms with van der Waals surface area (Å²) in [5.74, 6) is -1.09. The maximum atomic E-state index is 12.2. The van der Waals surface area contributed by atoms with E-state index in [1.807, 2.05) is 12.1 Å². The van der Waals surface area contributed by atoms with Crippen molar-refractivity contribution >= 4 is 39.2 Å². The van der Waals surface area contributed by atoms with Gasteiger partial charge >= 0.3 is 5.97 Å². The van der Waals surface area contributed by atoms with Gasteiger partial charge in [-0.25, -0.2) is 4.99 Å². The first-order chi connectivity index (χ1) is 11.0. The van der Waals surface area contributed by atoms with Crippen molar-refractivity contribution in [1.82, 2.24) is 4.98 Å². The van der Waals surface area contributed by atoms with Crippen LogP contribution in [0.4, 0.5) is 5.69 Å². The zero-order valence-corrected chi connectivity index (χ0v) is 13.7. The fourth-order valence-electron chi connectivity index (χ4n) is 2.21. The Labute approximate surface area is 140 Å². The molecular formula is C16H12BrN3O3. The summed E-state index contributed by atoms with van der Waals surface area (Å²) in [6.07, 6.45) is 0.381. The second-order valence-corrected chi connectivity index (χ2v) is 5.75. The normalized spacial score (nSPS) is 16.7. The molecule has 1 N–H and O–H groups in total. The van der Waals surface area contributed by atoms with E-state index in [-0.39, 0.29) is 0 Å². The number of pyridine rings is 1. The van der Waals surface area contributed by atoms with Gasteiger partial charge in [-0.1, -0.05) is 22.0 Å². The summed E-state index contributed by atoms with van der Waals surface area (Å²) >= 11 is 3.41. The molecule has 1 aromatic carbocycles. The van der Waals surface area contributed by atoms with Crippen molar-refractivity contribution < 1.29 is 14.3 Å². The highest BCUT2D eigenvalue weighted by Crippen LogP contribution is 2.27. The number of hydrogen-bond acceptors (Lipinski definition) is 5. The van der Waals surface area contributed by atoms with Gasteiger partial charge in [0.05, 0.1) is 17.1 Å². The molecule has 1 atom stereocenters. The summed E-state index contributed by atoms with van der Waals surface area (Å²) in [4.78, 5) is 32.1. The lowest BCUT2D eigenvalue weighted by atomic mass is 10.0. The third-order valence-electron chi connectivity index (χ3n) is 3.15. The van der Waals surface area contributed by atoms with E-state index in [1.54, 1.807) is 30.5 Å². The number of fused-ring (bicyclic) bond motifs is 1. The van der Waals surface area contributed by atoms with Gasteiger partial charge in [-0.05, 0) is 30.3 Å². The number of halogens is 1. The van der Waals surface area contributed by atoms with Crippen LogP contribution >= 0.6 is 15.9 Å². The standard InChI is InChI=1S/C16H12BrN3O3/c1-9(21)23-16-15(22)19-12-6-5-10(17)8-11(12)14(20-16)13-4-2-3-7-18-13/h2-8,16H,1H3,(H,19,22)/t16-/m1/s1. The van der Waals surface area contributed by atoms with Crippen LogP contribution < -0.4 is 5.32 Å². The number of rotatable bonds is 2. The number of benzene rings is 1. The lowest BCUT2D eigenvalue weighted by Gasteiger charge is -2.10. The summed E-state index contributed by atoms with van der Waals surface area (Å²) in [6, 6.07) is 10.8. The van der Waals surface area contributed by atoms with Crippen LogP contribution in [0.2, 0.25) is 0 Å². The zero-order chi connectivity index (χ0) is 16.4. The Morgan fingerprint density at radius 3 is 2.83 bits per heavy atom. The van der Waals surface area contributed by atoms with Gasteiger partial charge in [0.1, 0.15) is 0 Å². The summed E-state index contributed by atoms with van der Waals surface area (Å²) in [5.41, 5.74) is 2.34. The maximum absolute atomic E-state index is 12.2. The molecule has 1 aromatic heterocycles. The van der Waals surface area contributed by atoms with E-state index in [4.69, 9.17) is 4.74 Å². The number of esters is 1. The van der Waals surface area contributed by atoms with Crippen LogP contribution in [0.5, 0.6) is 0 Å². The molecule has 0 saturated heterocycles. The van der Waals surface area contributed by atoms with Gasteiger partial charge in [-0.2, -0.15) is 0 Å². The third-order valence-corrected chi connectivity index (χ3v) is 3.64. The van der Waals surface area contributed by atoms with E-state index in [1.165, 1.54) is 6.92 Å². The highest BCUT2D eigenvalue weighted by atomic mass is 79.9. The lowest BCUT2D eigenvalue weighted by Crippen LogP contribution is -2.29. The topological polar surface area (TPSA) is 80.7 Å². The van der Waals surface area contributed by atoms with Crippen molar-refractivity contribution in [2.75, 3.05) is 5.32 Å². The van der Waals surface area contributed by atoms with Crippen LogP contribution in [-0.4, -0.2) is 28.8 Å². The van der Waals surface area contributed by atoms with Crippen LogP contribution in [0.25, 0.3) is 0 Å². The summed E-state index contributed by atoms with van der Waals surface area (Å²) < 4.78 is 5.85. The summed E-state index contributed by atoms with van der Waals surface area (Å²) in [5, 5.41) is 2.73. The molecule has 0 aliphatic carbocycles. The first-order valence-corrected chi connectivity index (χ1v) is 7.61. The van der Waals surface area contributed by atoms with Crippen LogP contribution in [0.3, 0.4) is 0 Å². The number of ether oxygens (including phenoxy) is 1. The van der Waals surface area contributed by atoms with Crippen molar-refractivity contribution in [1.29, 1.82) is 0 Å². The van der Waals surface area contributed by atoms with E-state index >= 15 is 0 Å². The van der Waals surface area contributed by atoms with E-state index in [9.17, 15) is 9.59 Å². The number of amides is 1. The van der Waals surface area contributed by atoms with E-state index in [0.29, 0.717) is 22.7 Å². The molecule has 0 radical (unpaired) electrons. The van der Waals surface area contributed by atoms with Crippen LogP contribution in [0.15, 0.2) is 52.1 Å². The molecule has 0 spiro atoms. The van der Waals surface area contributed by atoms with Crippen molar-refractivity contribution in [2.45, 2.75) is 13.2 Å². The van der Waals surface area contributed by atoms with E-state index in [2.05, 4.69) is 31.2 Å². The Bertz CT molecular complexity index is 805. The van der Waals surface area contributed by atoms with Gasteiger partial charge in [0.25, 0.3) is 12.1 Å². The van der Waals surface area contributed by atoms with Gasteiger partial charge in [0.2, 0.25) is 0 Å². The van der Waals surface area contributed by atoms with Gasteiger partial charge in [-0.15, -0.1) is 0 Å². The smallest absolute Gasteiger partial charge is 0.305 e. The monoisotopic (exact) mass is 373 g/mol. The number of benzodiazepines with no additional fused rings is 1. The molecule has 116 valence electrons. The second kappa shape index (κ2) is 6.29. The van der Waals surface area contributed by atoms with Crippen molar-refractivity contribution in [3.05, 3.63) is 58.3 Å². The molecule has 1 aliphatic rings. The second-order valence-electron chi connectivity index (χ2n) is 4.83. The quantitative estimate of drug-likeness (QED) is 0.820. The number of aromatic nitrogens is 1. The maximum Gasteiger partial charge on any atom is 0.305 e. The van der Waals surface area contributed by atoms with Gasteiger partial charge < -0.3 is 10.1 Å². The van der Waals surface area contributed by atoms with Crippen LogP contribution in [-0.2, 0) is 14.3 Å². The molecule has 3 rings (SSSR count). The predicted molar refractivity (Wildman–Crippen MR) is 88.2 cm³/mol. The number of nitrogens with one attached hydrogen (secondary N) is 1. The Balaban J connectivity index is 2.18. The van der Waals surface area contributed by atoms with Crippen molar-refractivity contribution in [2.24, 2.45) is 4.99 Å². The molecular weight excluding hydrogens is 362 g/mol. The Kier molecular flexibility index (Phi) is 4.20. The number of hydrogen-bond donors (Lipinski definition) is 1. The average Bonchev–Trinajstić information content (AvgIpc) is 2.65. The molecule has 2 aromatic rings. The number of anilines is 1. The van der Waals surface area contributed by atoms with E-state index < -0.39 is 18.1 Å². The van der Waals surface area contributed by atoms with Crippen LogP contribution in [0, 0.1) is 0 Å². The molecule has 23 heavy (non-hydrogen) atoms. The molecule has 0 saturated carbocycles. The number of carbonyl (C=O) groups is 2. The van der Waals surface area contributed by atoms with Gasteiger partial charge in [0.15, 0.2) is 0 Å².